The van der Waals surface area contributed by atoms with Gasteiger partial charge in [-0.3, -0.25) is 0 Å². The molecule has 1 unspecified atom stereocenters. The van der Waals surface area contributed by atoms with Crippen LogP contribution in [-0.2, 0) is 6.42 Å². The molecule has 0 spiro atoms. The summed E-state index contributed by atoms with van der Waals surface area (Å²) in [5, 5.41) is 3.52. The van der Waals surface area contributed by atoms with Crippen LogP contribution in [0.15, 0.2) is 24.3 Å². The molecule has 1 atom stereocenters. The smallest absolute Gasteiger partial charge is 0.0398 e. The van der Waals surface area contributed by atoms with E-state index in [0.717, 1.165) is 5.92 Å². The standard InChI is InChI=1S/C16H24N2/c1-2-8-16-15(6-1)7-4-11-18(16)12-9-14-5-3-10-17-13-14/h1-2,6,8,14,17H,3-5,7,9-13H2. The van der Waals surface area contributed by atoms with E-state index in [1.54, 1.807) is 5.56 Å². The van der Waals surface area contributed by atoms with Crippen LogP contribution >= 0.6 is 0 Å². The lowest BCUT2D eigenvalue weighted by atomic mass is 9.95. The third-order valence-electron chi connectivity index (χ3n) is 4.41. The zero-order valence-electron chi connectivity index (χ0n) is 11.2. The van der Waals surface area contributed by atoms with Gasteiger partial charge in [0.1, 0.15) is 0 Å². The number of hydrogen-bond donors (Lipinski definition) is 1. The molecular weight excluding hydrogens is 220 g/mol. The Morgan fingerprint density at radius 3 is 3.06 bits per heavy atom. The number of rotatable bonds is 3. The predicted octanol–water partition coefficient (Wildman–Crippen LogP) is 2.83. The fraction of sp³-hybridized carbons (Fsp3) is 0.625. The first kappa shape index (κ1) is 12.0. The predicted molar refractivity (Wildman–Crippen MR) is 77.2 cm³/mol. The van der Waals surface area contributed by atoms with Crippen LogP contribution in [0.2, 0.25) is 0 Å². The SMILES string of the molecule is c1ccc2c(c1)CCCN2CCC1CCCNC1. The zero-order chi connectivity index (χ0) is 12.2. The second-order valence-corrected chi connectivity index (χ2v) is 5.72. The molecule has 0 aliphatic carbocycles. The van der Waals surface area contributed by atoms with Crippen molar-refractivity contribution in [1.29, 1.82) is 0 Å². The van der Waals surface area contributed by atoms with Gasteiger partial charge >= 0.3 is 0 Å². The summed E-state index contributed by atoms with van der Waals surface area (Å²) >= 11 is 0. The average molecular weight is 244 g/mol. The molecular formula is C16H24N2. The first-order chi connectivity index (χ1) is 8.93. The Morgan fingerprint density at radius 1 is 1.22 bits per heavy atom. The number of hydrogen-bond acceptors (Lipinski definition) is 2. The molecule has 1 aromatic carbocycles. The van der Waals surface area contributed by atoms with E-state index in [9.17, 15) is 0 Å². The molecule has 0 amide bonds. The lowest BCUT2D eigenvalue weighted by Crippen LogP contribution is -2.35. The van der Waals surface area contributed by atoms with Crippen molar-refractivity contribution in [3.05, 3.63) is 29.8 Å². The van der Waals surface area contributed by atoms with Crippen LogP contribution in [0.25, 0.3) is 0 Å². The van der Waals surface area contributed by atoms with Crippen molar-refractivity contribution in [3.8, 4) is 0 Å². The highest BCUT2D eigenvalue weighted by molar-refractivity contribution is 5.55. The molecule has 2 heterocycles. The minimum atomic E-state index is 0.896. The molecule has 98 valence electrons. The Labute approximate surface area is 110 Å². The molecule has 2 heteroatoms. The molecule has 2 aliphatic heterocycles. The minimum absolute atomic E-state index is 0.896. The first-order valence-electron chi connectivity index (χ1n) is 7.47. The summed E-state index contributed by atoms with van der Waals surface area (Å²) in [6.07, 6.45) is 6.71. The largest absolute Gasteiger partial charge is 0.371 e. The highest BCUT2D eigenvalue weighted by atomic mass is 15.1. The third kappa shape index (κ3) is 2.69. The molecule has 1 aromatic rings. The maximum absolute atomic E-state index is 3.52. The number of nitrogens with zero attached hydrogens (tertiary/aromatic N) is 1. The lowest BCUT2D eigenvalue weighted by Gasteiger charge is -2.33. The Balaban J connectivity index is 1.60. The van der Waals surface area contributed by atoms with Gasteiger partial charge in [0.2, 0.25) is 0 Å². The van der Waals surface area contributed by atoms with Crippen molar-refractivity contribution < 1.29 is 0 Å². The molecule has 3 rings (SSSR count). The number of benzene rings is 1. The average Bonchev–Trinajstić information content (AvgIpc) is 2.46. The number of fused-ring (bicyclic) bond motifs is 1. The van der Waals surface area contributed by atoms with E-state index in [1.807, 2.05) is 0 Å². The fourth-order valence-electron chi connectivity index (χ4n) is 3.35. The van der Waals surface area contributed by atoms with Crippen LogP contribution in [0.5, 0.6) is 0 Å². The summed E-state index contributed by atoms with van der Waals surface area (Å²) in [5.74, 6) is 0.896. The van der Waals surface area contributed by atoms with E-state index in [1.165, 1.54) is 64.0 Å². The summed E-state index contributed by atoms with van der Waals surface area (Å²) in [6.45, 7) is 4.94. The lowest BCUT2D eigenvalue weighted by molar-refractivity contribution is 0.358. The first-order valence-corrected chi connectivity index (χ1v) is 7.47. The fourth-order valence-corrected chi connectivity index (χ4v) is 3.35. The van der Waals surface area contributed by atoms with Crippen LogP contribution in [-0.4, -0.2) is 26.2 Å². The van der Waals surface area contributed by atoms with Gasteiger partial charge in [0, 0.05) is 18.8 Å². The van der Waals surface area contributed by atoms with Gasteiger partial charge in [-0.25, -0.2) is 0 Å². The Kier molecular flexibility index (Phi) is 3.84. The summed E-state index contributed by atoms with van der Waals surface area (Å²) in [4.78, 5) is 2.60. The number of para-hydroxylation sites is 1. The highest BCUT2D eigenvalue weighted by Crippen LogP contribution is 2.27. The van der Waals surface area contributed by atoms with Gasteiger partial charge < -0.3 is 10.2 Å². The molecule has 0 bridgehead atoms. The second-order valence-electron chi connectivity index (χ2n) is 5.72. The van der Waals surface area contributed by atoms with Crippen LogP contribution in [0.4, 0.5) is 5.69 Å². The van der Waals surface area contributed by atoms with E-state index in [2.05, 4.69) is 34.5 Å². The number of anilines is 1. The summed E-state index contributed by atoms with van der Waals surface area (Å²) in [7, 11) is 0. The van der Waals surface area contributed by atoms with Gasteiger partial charge in [0.25, 0.3) is 0 Å². The van der Waals surface area contributed by atoms with E-state index in [-0.39, 0.29) is 0 Å². The van der Waals surface area contributed by atoms with Crippen LogP contribution in [0.3, 0.4) is 0 Å². The van der Waals surface area contributed by atoms with E-state index < -0.39 is 0 Å². The quantitative estimate of drug-likeness (QED) is 0.879. The van der Waals surface area contributed by atoms with E-state index in [0.29, 0.717) is 0 Å². The van der Waals surface area contributed by atoms with Gasteiger partial charge in [-0.2, -0.15) is 0 Å². The van der Waals surface area contributed by atoms with Crippen molar-refractivity contribution in [3.63, 3.8) is 0 Å². The molecule has 0 radical (unpaired) electrons. The van der Waals surface area contributed by atoms with Gasteiger partial charge in [0.15, 0.2) is 0 Å². The molecule has 0 aromatic heterocycles. The van der Waals surface area contributed by atoms with Gasteiger partial charge in [-0.05, 0) is 62.7 Å². The molecule has 2 nitrogen and oxygen atoms in total. The zero-order valence-corrected chi connectivity index (χ0v) is 11.2. The minimum Gasteiger partial charge on any atom is -0.371 e. The van der Waals surface area contributed by atoms with Crippen molar-refractivity contribution >= 4 is 5.69 Å². The normalized spacial score (nSPS) is 23.8. The van der Waals surface area contributed by atoms with Crippen LogP contribution in [0, 0.1) is 5.92 Å². The number of piperidine rings is 1. The van der Waals surface area contributed by atoms with Gasteiger partial charge in [-0.1, -0.05) is 18.2 Å². The summed E-state index contributed by atoms with van der Waals surface area (Å²) < 4.78 is 0. The monoisotopic (exact) mass is 244 g/mol. The number of nitrogens with one attached hydrogen (secondary N) is 1. The van der Waals surface area contributed by atoms with Crippen molar-refractivity contribution in [1.82, 2.24) is 5.32 Å². The van der Waals surface area contributed by atoms with E-state index in [4.69, 9.17) is 0 Å². The number of aryl methyl sites for hydroxylation is 1. The molecule has 18 heavy (non-hydrogen) atoms. The van der Waals surface area contributed by atoms with Crippen LogP contribution < -0.4 is 10.2 Å². The van der Waals surface area contributed by atoms with Gasteiger partial charge in [0.05, 0.1) is 0 Å². The summed E-state index contributed by atoms with van der Waals surface area (Å²) in [5.41, 5.74) is 3.04. The third-order valence-corrected chi connectivity index (χ3v) is 4.41. The van der Waals surface area contributed by atoms with Crippen molar-refractivity contribution in [2.75, 3.05) is 31.1 Å². The van der Waals surface area contributed by atoms with Gasteiger partial charge in [-0.15, -0.1) is 0 Å². The molecule has 1 fully saturated rings. The maximum atomic E-state index is 3.52. The maximum Gasteiger partial charge on any atom is 0.0398 e. The van der Waals surface area contributed by atoms with Crippen LogP contribution in [0.1, 0.15) is 31.2 Å². The second kappa shape index (κ2) is 5.75. The summed E-state index contributed by atoms with van der Waals surface area (Å²) in [6, 6.07) is 8.95. The Hall–Kier alpha value is -1.02. The molecule has 2 aliphatic rings. The molecule has 0 saturated carbocycles. The van der Waals surface area contributed by atoms with Crippen molar-refractivity contribution in [2.45, 2.75) is 32.1 Å². The van der Waals surface area contributed by atoms with Crippen molar-refractivity contribution in [2.24, 2.45) is 5.92 Å². The van der Waals surface area contributed by atoms with E-state index >= 15 is 0 Å². The highest BCUT2D eigenvalue weighted by Gasteiger charge is 2.18. The topological polar surface area (TPSA) is 15.3 Å². The Bertz CT molecular complexity index is 382. The molecule has 1 saturated heterocycles. The Morgan fingerprint density at radius 2 is 2.17 bits per heavy atom. The molecule has 1 N–H and O–H groups in total.